The lowest BCUT2D eigenvalue weighted by molar-refractivity contribution is -0.135. The summed E-state index contributed by atoms with van der Waals surface area (Å²) in [5, 5.41) is 0. The number of hydrogen-bond donors (Lipinski definition) is 0. The van der Waals surface area contributed by atoms with E-state index in [-0.39, 0.29) is 11.5 Å². The zero-order chi connectivity index (χ0) is 14.3. The minimum atomic E-state index is -3.83. The summed E-state index contributed by atoms with van der Waals surface area (Å²) in [6.45, 7) is 4.08. The van der Waals surface area contributed by atoms with Gasteiger partial charge >= 0.3 is 5.97 Å². The van der Waals surface area contributed by atoms with E-state index in [9.17, 15) is 13.2 Å². The number of rotatable bonds is 6. The molecule has 5 nitrogen and oxygen atoms in total. The molecule has 0 saturated carbocycles. The van der Waals surface area contributed by atoms with Crippen molar-refractivity contribution in [1.29, 1.82) is 0 Å². The Labute approximate surface area is 113 Å². The van der Waals surface area contributed by atoms with Gasteiger partial charge in [0.15, 0.2) is 0 Å². The largest absolute Gasteiger partial charge is 0.461 e. The Hall–Kier alpha value is -1.69. The summed E-state index contributed by atoms with van der Waals surface area (Å²) in [5.74, 6) is -0.746. The highest BCUT2D eigenvalue weighted by molar-refractivity contribution is 7.90. The summed E-state index contributed by atoms with van der Waals surface area (Å²) >= 11 is 0. The molecule has 0 amide bonds. The average Bonchev–Trinajstić information content (AvgIpc) is 2.37. The molecule has 0 unspecified atom stereocenters. The molecule has 0 aliphatic heterocycles. The molecule has 0 aliphatic rings. The molecule has 0 heterocycles. The number of esters is 1. The first-order valence-electron chi connectivity index (χ1n) is 5.99. The van der Waals surface area contributed by atoms with Crippen LogP contribution in [-0.2, 0) is 19.6 Å². The van der Waals surface area contributed by atoms with Crippen molar-refractivity contribution in [2.75, 3.05) is 6.61 Å². The summed E-state index contributed by atoms with van der Waals surface area (Å²) in [7, 11) is -3.83. The number of benzene rings is 1. The number of aryl methyl sites for hydroxylation is 1. The molecule has 6 heteroatoms. The van der Waals surface area contributed by atoms with Crippen molar-refractivity contribution in [3.63, 3.8) is 0 Å². The molecule has 0 N–H and O–H groups in total. The molecule has 0 aliphatic carbocycles. The number of carbonyl (C=O) groups excluding carboxylic acids is 1. The minimum absolute atomic E-state index is 0.0516. The second kappa shape index (κ2) is 7.04. The van der Waals surface area contributed by atoms with Gasteiger partial charge in [0.25, 0.3) is 10.0 Å². The van der Waals surface area contributed by atoms with Crippen LogP contribution in [0.1, 0.15) is 25.3 Å². The Morgan fingerprint density at radius 2 is 1.95 bits per heavy atom. The van der Waals surface area contributed by atoms with Gasteiger partial charge in [0.2, 0.25) is 0 Å². The molecule has 0 aromatic heterocycles. The molecule has 0 saturated heterocycles. The third kappa shape index (κ3) is 5.21. The highest BCUT2D eigenvalue weighted by Gasteiger charge is 2.12. The first-order chi connectivity index (χ1) is 8.95. The van der Waals surface area contributed by atoms with Gasteiger partial charge < -0.3 is 4.74 Å². The normalized spacial score (nSPS) is 11.7. The number of ether oxygens (including phenoxy) is 1. The summed E-state index contributed by atoms with van der Waals surface area (Å²) in [6.07, 6.45) is 2.33. The minimum Gasteiger partial charge on any atom is -0.461 e. The molecular formula is C13H17NO4S. The fourth-order valence-electron chi connectivity index (χ4n) is 1.24. The van der Waals surface area contributed by atoms with Crippen molar-refractivity contribution in [3.8, 4) is 0 Å². The zero-order valence-electron chi connectivity index (χ0n) is 11.0. The van der Waals surface area contributed by atoms with Crippen molar-refractivity contribution in [1.82, 2.24) is 0 Å². The quantitative estimate of drug-likeness (QED) is 0.455. The number of sulfonamides is 1. The predicted molar refractivity (Wildman–Crippen MR) is 72.7 cm³/mol. The van der Waals surface area contributed by atoms with E-state index in [0.29, 0.717) is 6.21 Å². The van der Waals surface area contributed by atoms with Crippen molar-refractivity contribution < 1.29 is 17.9 Å². The van der Waals surface area contributed by atoms with Crippen LogP contribution < -0.4 is 0 Å². The van der Waals surface area contributed by atoms with Crippen LogP contribution in [0.3, 0.4) is 0 Å². The lowest BCUT2D eigenvalue weighted by atomic mass is 10.2. The van der Waals surface area contributed by atoms with Crippen molar-refractivity contribution in [3.05, 3.63) is 29.8 Å². The van der Waals surface area contributed by atoms with E-state index in [4.69, 9.17) is 4.74 Å². The number of carbonyl (C=O) groups is 1. The Kier molecular flexibility index (Phi) is 5.69. The number of nitrogens with zero attached hydrogens (tertiary/aromatic N) is 1. The molecule has 1 aromatic carbocycles. The van der Waals surface area contributed by atoms with Crippen LogP contribution in [-0.4, -0.2) is 27.2 Å². The topological polar surface area (TPSA) is 72.8 Å². The molecule has 0 atom stereocenters. The maximum absolute atomic E-state index is 11.8. The van der Waals surface area contributed by atoms with Crippen LogP contribution in [0.25, 0.3) is 0 Å². The zero-order valence-corrected chi connectivity index (χ0v) is 11.8. The Bertz CT molecular complexity index is 547. The van der Waals surface area contributed by atoms with Crippen LogP contribution in [0.5, 0.6) is 0 Å². The standard InChI is InChI=1S/C13H17NO4S/c1-3-4-9-18-13(15)10-14-19(16,17)12-7-5-11(2)6-8-12/h5-8,10H,3-4,9H2,1-2H3/b14-10-. The third-order valence-electron chi connectivity index (χ3n) is 2.36. The summed E-state index contributed by atoms with van der Waals surface area (Å²) in [5.41, 5.74) is 0.946. The smallest absolute Gasteiger partial charge is 0.350 e. The van der Waals surface area contributed by atoms with E-state index >= 15 is 0 Å². The molecule has 1 rings (SSSR count). The first-order valence-corrected chi connectivity index (χ1v) is 7.43. The second-order valence-electron chi connectivity index (χ2n) is 4.04. The Morgan fingerprint density at radius 3 is 2.53 bits per heavy atom. The van der Waals surface area contributed by atoms with Gasteiger partial charge in [-0.1, -0.05) is 31.0 Å². The lowest BCUT2D eigenvalue weighted by Crippen LogP contribution is -2.08. The Balaban J connectivity index is 2.69. The maximum Gasteiger partial charge on any atom is 0.350 e. The number of unbranched alkanes of at least 4 members (excludes halogenated alkanes) is 1. The summed E-state index contributed by atoms with van der Waals surface area (Å²) < 4.78 is 31.6. The molecule has 0 fully saturated rings. The second-order valence-corrected chi connectivity index (χ2v) is 5.68. The van der Waals surface area contributed by atoms with Crippen LogP contribution in [0.4, 0.5) is 0 Å². The van der Waals surface area contributed by atoms with E-state index in [0.717, 1.165) is 18.4 Å². The Morgan fingerprint density at radius 1 is 1.32 bits per heavy atom. The van der Waals surface area contributed by atoms with Crippen LogP contribution in [0.2, 0.25) is 0 Å². The van der Waals surface area contributed by atoms with Crippen LogP contribution in [0.15, 0.2) is 33.6 Å². The molecule has 0 radical (unpaired) electrons. The van der Waals surface area contributed by atoms with Gasteiger partial charge in [-0.05, 0) is 25.5 Å². The SMILES string of the molecule is CCCCOC(=O)/C=N\S(=O)(=O)c1ccc(C)cc1. The molecule has 1 aromatic rings. The van der Waals surface area contributed by atoms with Gasteiger partial charge in [-0.3, -0.25) is 0 Å². The monoisotopic (exact) mass is 283 g/mol. The van der Waals surface area contributed by atoms with Gasteiger partial charge in [-0.2, -0.15) is 12.8 Å². The van der Waals surface area contributed by atoms with Gasteiger partial charge in [0.1, 0.15) is 6.21 Å². The van der Waals surface area contributed by atoms with E-state index < -0.39 is 16.0 Å². The summed E-state index contributed by atoms with van der Waals surface area (Å²) in [4.78, 5) is 11.3. The predicted octanol–water partition coefficient (Wildman–Crippen LogP) is 2.10. The van der Waals surface area contributed by atoms with E-state index in [1.54, 1.807) is 12.1 Å². The molecule has 0 spiro atoms. The van der Waals surface area contributed by atoms with Crippen molar-refractivity contribution in [2.24, 2.45) is 4.40 Å². The fourth-order valence-corrected chi connectivity index (χ4v) is 2.06. The first kappa shape index (κ1) is 15.4. The van der Waals surface area contributed by atoms with Gasteiger partial charge in [-0.25, -0.2) is 4.79 Å². The third-order valence-corrected chi connectivity index (χ3v) is 3.61. The average molecular weight is 283 g/mol. The molecule has 0 bridgehead atoms. The fraction of sp³-hybridized carbons (Fsp3) is 0.385. The lowest BCUT2D eigenvalue weighted by Gasteiger charge is -2.00. The molecule has 19 heavy (non-hydrogen) atoms. The van der Waals surface area contributed by atoms with E-state index in [1.807, 2.05) is 13.8 Å². The van der Waals surface area contributed by atoms with Gasteiger partial charge in [-0.15, -0.1) is 0 Å². The molecular weight excluding hydrogens is 266 g/mol. The van der Waals surface area contributed by atoms with Crippen molar-refractivity contribution >= 4 is 22.2 Å². The summed E-state index contributed by atoms with van der Waals surface area (Å²) in [6, 6.07) is 6.23. The van der Waals surface area contributed by atoms with E-state index in [1.165, 1.54) is 12.1 Å². The van der Waals surface area contributed by atoms with Gasteiger partial charge in [0.05, 0.1) is 11.5 Å². The highest BCUT2D eigenvalue weighted by Crippen LogP contribution is 2.12. The van der Waals surface area contributed by atoms with Crippen molar-refractivity contribution in [2.45, 2.75) is 31.6 Å². The molecule has 104 valence electrons. The van der Waals surface area contributed by atoms with E-state index in [2.05, 4.69) is 4.40 Å². The van der Waals surface area contributed by atoms with Crippen LogP contribution >= 0.6 is 0 Å². The number of hydrogen-bond acceptors (Lipinski definition) is 4. The highest BCUT2D eigenvalue weighted by atomic mass is 32.2. The maximum atomic E-state index is 11.8. The van der Waals surface area contributed by atoms with Crippen LogP contribution in [0, 0.1) is 6.92 Å². The van der Waals surface area contributed by atoms with Gasteiger partial charge in [0, 0.05) is 0 Å².